The van der Waals surface area contributed by atoms with Gasteiger partial charge < -0.3 is 15.1 Å². The summed E-state index contributed by atoms with van der Waals surface area (Å²) in [6, 6.07) is 19.4. The zero-order valence-electron chi connectivity index (χ0n) is 16.2. The Labute approximate surface area is 166 Å². The Hall–Kier alpha value is -3.08. The molecule has 2 aromatic carbocycles. The third kappa shape index (κ3) is 3.17. The second-order valence-corrected chi connectivity index (χ2v) is 7.66. The predicted molar refractivity (Wildman–Crippen MR) is 115 cm³/mol. The summed E-state index contributed by atoms with van der Waals surface area (Å²) in [4.78, 5) is 14.0. The lowest BCUT2D eigenvalue weighted by molar-refractivity contribution is 0.740. The molecule has 3 aromatic rings. The van der Waals surface area contributed by atoms with E-state index < -0.39 is 0 Å². The molecule has 1 aromatic heterocycles. The van der Waals surface area contributed by atoms with Crippen molar-refractivity contribution in [2.45, 2.75) is 32.2 Å². The lowest BCUT2D eigenvalue weighted by atomic mass is 10.1. The minimum Gasteiger partial charge on any atom is -0.372 e. The molecule has 5 heteroatoms. The standard InChI is InChI=1S/C23H25N5/c1-17-16-18-6-2-3-7-21(18)28(17)23-24-13-12-22(26-23)25-19-8-10-20(11-9-19)27-14-4-5-15-27/h2-3,6-13,17H,4-5,14-16H2,1H3,(H,24,25,26). The quantitative estimate of drug-likeness (QED) is 0.706. The van der Waals surface area contributed by atoms with Crippen molar-refractivity contribution in [1.82, 2.24) is 9.97 Å². The highest BCUT2D eigenvalue weighted by Crippen LogP contribution is 2.36. The third-order valence-corrected chi connectivity index (χ3v) is 5.68. The molecule has 5 nitrogen and oxygen atoms in total. The van der Waals surface area contributed by atoms with E-state index in [1.165, 1.54) is 29.8 Å². The van der Waals surface area contributed by atoms with E-state index in [0.29, 0.717) is 6.04 Å². The van der Waals surface area contributed by atoms with Crippen LogP contribution in [0.1, 0.15) is 25.3 Å². The van der Waals surface area contributed by atoms with Crippen molar-refractivity contribution in [1.29, 1.82) is 0 Å². The molecule has 28 heavy (non-hydrogen) atoms. The van der Waals surface area contributed by atoms with Gasteiger partial charge in [-0.05, 0) is 68.1 Å². The number of benzene rings is 2. The van der Waals surface area contributed by atoms with Crippen molar-refractivity contribution in [3.63, 3.8) is 0 Å². The first kappa shape index (κ1) is 17.0. The minimum absolute atomic E-state index is 0.354. The van der Waals surface area contributed by atoms with E-state index in [2.05, 4.69) is 75.6 Å². The van der Waals surface area contributed by atoms with Crippen LogP contribution >= 0.6 is 0 Å². The molecular formula is C23H25N5. The summed E-state index contributed by atoms with van der Waals surface area (Å²) >= 11 is 0. The van der Waals surface area contributed by atoms with E-state index in [0.717, 1.165) is 37.0 Å². The molecule has 2 aliphatic heterocycles. The largest absolute Gasteiger partial charge is 0.372 e. The highest BCUT2D eigenvalue weighted by molar-refractivity contribution is 5.68. The number of anilines is 5. The zero-order valence-corrected chi connectivity index (χ0v) is 16.2. The molecule has 1 fully saturated rings. The molecule has 2 aliphatic rings. The van der Waals surface area contributed by atoms with Gasteiger partial charge >= 0.3 is 0 Å². The van der Waals surface area contributed by atoms with Gasteiger partial charge in [-0.3, -0.25) is 0 Å². The van der Waals surface area contributed by atoms with Gasteiger partial charge in [0.15, 0.2) is 0 Å². The molecule has 1 unspecified atom stereocenters. The maximum absolute atomic E-state index is 4.79. The van der Waals surface area contributed by atoms with Gasteiger partial charge in [0.25, 0.3) is 0 Å². The van der Waals surface area contributed by atoms with Crippen LogP contribution in [0.3, 0.4) is 0 Å². The second-order valence-electron chi connectivity index (χ2n) is 7.66. The Bertz CT molecular complexity index is 963. The van der Waals surface area contributed by atoms with Gasteiger partial charge in [0.2, 0.25) is 5.95 Å². The van der Waals surface area contributed by atoms with E-state index in [-0.39, 0.29) is 0 Å². The molecule has 0 bridgehead atoms. The normalized spacial score (nSPS) is 18.4. The van der Waals surface area contributed by atoms with Crippen LogP contribution in [0.25, 0.3) is 0 Å². The molecule has 0 spiro atoms. The zero-order chi connectivity index (χ0) is 18.9. The summed E-state index contributed by atoms with van der Waals surface area (Å²) < 4.78 is 0. The fourth-order valence-electron chi connectivity index (χ4n) is 4.28. The first-order valence-electron chi connectivity index (χ1n) is 10.1. The number of nitrogens with zero attached hydrogens (tertiary/aromatic N) is 4. The summed E-state index contributed by atoms with van der Waals surface area (Å²) in [7, 11) is 0. The minimum atomic E-state index is 0.354. The van der Waals surface area contributed by atoms with Gasteiger partial charge in [-0.1, -0.05) is 18.2 Å². The van der Waals surface area contributed by atoms with Gasteiger partial charge in [0.05, 0.1) is 0 Å². The third-order valence-electron chi connectivity index (χ3n) is 5.68. The Morgan fingerprint density at radius 2 is 1.75 bits per heavy atom. The molecule has 5 rings (SSSR count). The number of hydrogen-bond donors (Lipinski definition) is 1. The van der Waals surface area contributed by atoms with E-state index in [1.54, 1.807) is 0 Å². The van der Waals surface area contributed by atoms with Crippen LogP contribution in [0.15, 0.2) is 60.8 Å². The monoisotopic (exact) mass is 371 g/mol. The number of nitrogens with one attached hydrogen (secondary N) is 1. The van der Waals surface area contributed by atoms with E-state index in [4.69, 9.17) is 4.98 Å². The van der Waals surface area contributed by atoms with E-state index in [1.807, 2.05) is 12.3 Å². The number of rotatable bonds is 4. The van der Waals surface area contributed by atoms with Gasteiger partial charge in [0.1, 0.15) is 5.82 Å². The van der Waals surface area contributed by atoms with Crippen molar-refractivity contribution < 1.29 is 0 Å². The smallest absolute Gasteiger partial charge is 0.232 e. The molecule has 1 N–H and O–H groups in total. The molecule has 0 radical (unpaired) electrons. The van der Waals surface area contributed by atoms with E-state index in [9.17, 15) is 0 Å². The van der Waals surface area contributed by atoms with Crippen LogP contribution in [0.5, 0.6) is 0 Å². The van der Waals surface area contributed by atoms with Gasteiger partial charge in [0, 0.05) is 42.4 Å². The molecule has 0 saturated carbocycles. The van der Waals surface area contributed by atoms with Crippen molar-refractivity contribution in [2.75, 3.05) is 28.2 Å². The number of hydrogen-bond acceptors (Lipinski definition) is 5. The number of para-hydroxylation sites is 1. The Morgan fingerprint density at radius 3 is 2.57 bits per heavy atom. The van der Waals surface area contributed by atoms with Gasteiger partial charge in [-0.25, -0.2) is 4.98 Å². The van der Waals surface area contributed by atoms with Crippen LogP contribution in [0.2, 0.25) is 0 Å². The van der Waals surface area contributed by atoms with Crippen LogP contribution < -0.4 is 15.1 Å². The van der Waals surface area contributed by atoms with Crippen LogP contribution in [0, 0.1) is 0 Å². The van der Waals surface area contributed by atoms with Crippen molar-refractivity contribution in [3.05, 3.63) is 66.4 Å². The summed E-state index contributed by atoms with van der Waals surface area (Å²) in [5, 5.41) is 3.43. The van der Waals surface area contributed by atoms with Gasteiger partial charge in [-0.15, -0.1) is 0 Å². The second kappa shape index (κ2) is 7.15. The average Bonchev–Trinajstić information content (AvgIpc) is 3.36. The maximum Gasteiger partial charge on any atom is 0.232 e. The molecule has 1 atom stereocenters. The lowest BCUT2D eigenvalue weighted by Gasteiger charge is -2.23. The highest BCUT2D eigenvalue weighted by Gasteiger charge is 2.28. The van der Waals surface area contributed by atoms with Crippen LogP contribution in [-0.4, -0.2) is 29.1 Å². The molecule has 1 saturated heterocycles. The van der Waals surface area contributed by atoms with E-state index >= 15 is 0 Å². The Morgan fingerprint density at radius 1 is 0.964 bits per heavy atom. The molecule has 0 amide bonds. The van der Waals surface area contributed by atoms with Crippen LogP contribution in [-0.2, 0) is 6.42 Å². The summed E-state index contributed by atoms with van der Waals surface area (Å²) in [6.07, 6.45) is 5.44. The topological polar surface area (TPSA) is 44.3 Å². The number of aromatic nitrogens is 2. The predicted octanol–water partition coefficient (Wildman–Crippen LogP) is 4.90. The summed E-state index contributed by atoms with van der Waals surface area (Å²) in [5.74, 6) is 1.56. The molecule has 0 aliphatic carbocycles. The molecule has 142 valence electrons. The molecule has 3 heterocycles. The fraction of sp³-hybridized carbons (Fsp3) is 0.304. The SMILES string of the molecule is CC1Cc2ccccc2N1c1nccc(Nc2ccc(N3CCCC3)cc2)n1. The van der Waals surface area contributed by atoms with Crippen molar-refractivity contribution >= 4 is 28.8 Å². The first-order chi connectivity index (χ1) is 13.8. The summed E-state index contributed by atoms with van der Waals surface area (Å²) in [6.45, 7) is 4.55. The fourth-order valence-corrected chi connectivity index (χ4v) is 4.28. The maximum atomic E-state index is 4.79. The summed E-state index contributed by atoms with van der Waals surface area (Å²) in [5.41, 5.74) is 4.91. The average molecular weight is 371 g/mol. The van der Waals surface area contributed by atoms with Crippen LogP contribution in [0.4, 0.5) is 28.8 Å². The van der Waals surface area contributed by atoms with Gasteiger partial charge in [-0.2, -0.15) is 4.98 Å². The van der Waals surface area contributed by atoms with Crippen molar-refractivity contribution in [3.8, 4) is 0 Å². The number of fused-ring (bicyclic) bond motifs is 1. The Balaban J connectivity index is 1.36. The first-order valence-corrected chi connectivity index (χ1v) is 10.1. The molecular weight excluding hydrogens is 346 g/mol. The van der Waals surface area contributed by atoms with Crippen molar-refractivity contribution in [2.24, 2.45) is 0 Å². The lowest BCUT2D eigenvalue weighted by Crippen LogP contribution is -2.25. The Kier molecular flexibility index (Phi) is 4.35. The highest BCUT2D eigenvalue weighted by atomic mass is 15.3.